The van der Waals surface area contributed by atoms with Gasteiger partial charge in [0.2, 0.25) is 5.82 Å². The Hall–Kier alpha value is -2.15. The van der Waals surface area contributed by atoms with Gasteiger partial charge in [-0.15, -0.1) is 15.0 Å². The zero-order valence-electron chi connectivity index (χ0n) is 9.10. The molecule has 7 heteroatoms. The molecule has 0 aliphatic rings. The first kappa shape index (κ1) is 11.0. The third-order valence-electron chi connectivity index (χ3n) is 2.28. The lowest BCUT2D eigenvalue weighted by atomic mass is 10.2. The highest BCUT2D eigenvalue weighted by Crippen LogP contribution is 2.17. The van der Waals surface area contributed by atoms with Gasteiger partial charge in [-0.25, -0.2) is 9.97 Å². The van der Waals surface area contributed by atoms with E-state index >= 15 is 0 Å². The summed E-state index contributed by atoms with van der Waals surface area (Å²) in [5, 5.41) is 12.3. The van der Waals surface area contributed by atoms with Gasteiger partial charge in [-0.3, -0.25) is 0 Å². The van der Waals surface area contributed by atoms with E-state index in [9.17, 15) is 0 Å². The van der Waals surface area contributed by atoms with Crippen LogP contribution in [0.4, 0.5) is 0 Å². The van der Waals surface area contributed by atoms with Crippen molar-refractivity contribution in [1.82, 2.24) is 30.2 Å². The molecule has 0 radical (unpaired) electrons. The molecule has 3 aromatic rings. The topological polar surface area (TPSA) is 69.4 Å². The maximum Gasteiger partial charge on any atom is 0.205 e. The quantitative estimate of drug-likeness (QED) is 0.723. The molecule has 2 aromatic heterocycles. The molecule has 6 nitrogen and oxygen atoms in total. The first-order valence-electron chi connectivity index (χ1n) is 5.16. The zero-order valence-corrected chi connectivity index (χ0v) is 10.7. The molecule has 0 spiro atoms. The van der Waals surface area contributed by atoms with E-state index in [1.54, 1.807) is 6.20 Å². The van der Waals surface area contributed by atoms with Gasteiger partial charge in [0.15, 0.2) is 5.82 Å². The van der Waals surface area contributed by atoms with E-state index in [-0.39, 0.29) is 0 Å². The van der Waals surface area contributed by atoms with Gasteiger partial charge in [-0.2, -0.15) is 0 Å². The van der Waals surface area contributed by atoms with E-state index in [0.717, 1.165) is 5.56 Å². The Bertz CT molecular complexity index is 666. The predicted molar refractivity (Wildman–Crippen MR) is 67.9 cm³/mol. The van der Waals surface area contributed by atoms with E-state index in [1.165, 1.54) is 11.1 Å². The van der Waals surface area contributed by atoms with Gasteiger partial charge >= 0.3 is 0 Å². The number of hydrogen-bond acceptors (Lipinski definition) is 5. The molecule has 3 rings (SSSR count). The summed E-state index contributed by atoms with van der Waals surface area (Å²) < 4.78 is 0.710. The van der Waals surface area contributed by atoms with Crippen LogP contribution in [0.5, 0.6) is 0 Å². The number of hydrogen-bond donors (Lipinski definition) is 0. The highest BCUT2D eigenvalue weighted by molar-refractivity contribution is 9.10. The van der Waals surface area contributed by atoms with Crippen LogP contribution in [0.3, 0.4) is 0 Å². The van der Waals surface area contributed by atoms with Crippen LogP contribution in [-0.2, 0) is 0 Å². The average molecular weight is 303 g/mol. The van der Waals surface area contributed by atoms with Crippen molar-refractivity contribution < 1.29 is 0 Å². The number of nitrogens with zero attached hydrogens (tertiary/aromatic N) is 6. The second-order valence-electron chi connectivity index (χ2n) is 3.46. The second-order valence-corrected chi connectivity index (χ2v) is 4.32. The van der Waals surface area contributed by atoms with Crippen molar-refractivity contribution in [2.75, 3.05) is 0 Å². The van der Waals surface area contributed by atoms with Crippen molar-refractivity contribution in [2.45, 2.75) is 0 Å². The van der Waals surface area contributed by atoms with Crippen LogP contribution in [0.1, 0.15) is 0 Å². The van der Waals surface area contributed by atoms with Crippen molar-refractivity contribution in [3.05, 3.63) is 47.3 Å². The van der Waals surface area contributed by atoms with E-state index in [4.69, 9.17) is 0 Å². The SMILES string of the molecule is Brc1cncnc1-n1nnc(-c2ccccc2)n1. The molecule has 0 aliphatic heterocycles. The van der Waals surface area contributed by atoms with Crippen LogP contribution in [0.25, 0.3) is 17.2 Å². The van der Waals surface area contributed by atoms with Crippen molar-refractivity contribution in [1.29, 1.82) is 0 Å². The Morgan fingerprint density at radius 3 is 2.72 bits per heavy atom. The van der Waals surface area contributed by atoms with Crippen LogP contribution in [0.15, 0.2) is 47.3 Å². The van der Waals surface area contributed by atoms with Gasteiger partial charge in [0.1, 0.15) is 6.33 Å². The van der Waals surface area contributed by atoms with Crippen LogP contribution < -0.4 is 0 Å². The van der Waals surface area contributed by atoms with E-state index < -0.39 is 0 Å². The van der Waals surface area contributed by atoms with Gasteiger partial charge in [0, 0.05) is 11.8 Å². The van der Waals surface area contributed by atoms with Crippen LogP contribution in [0.2, 0.25) is 0 Å². The lowest BCUT2D eigenvalue weighted by Crippen LogP contribution is -2.03. The molecular formula is C11H7BrN6. The minimum Gasteiger partial charge on any atom is -0.243 e. The van der Waals surface area contributed by atoms with E-state index in [0.29, 0.717) is 16.1 Å². The first-order chi connectivity index (χ1) is 8.84. The number of benzene rings is 1. The number of rotatable bonds is 2. The van der Waals surface area contributed by atoms with Gasteiger partial charge in [-0.1, -0.05) is 30.3 Å². The molecule has 1 aromatic carbocycles. The highest BCUT2D eigenvalue weighted by Gasteiger charge is 2.10. The minimum absolute atomic E-state index is 0.555. The van der Waals surface area contributed by atoms with Crippen LogP contribution in [0, 0.1) is 0 Å². The Kier molecular flexibility index (Phi) is 2.81. The lowest BCUT2D eigenvalue weighted by Gasteiger charge is -1.98. The molecule has 2 heterocycles. The summed E-state index contributed by atoms with van der Waals surface area (Å²) in [5.41, 5.74) is 0.911. The molecule has 0 aliphatic carbocycles. The number of halogens is 1. The smallest absolute Gasteiger partial charge is 0.205 e. The largest absolute Gasteiger partial charge is 0.243 e. The number of tetrazole rings is 1. The summed E-state index contributed by atoms with van der Waals surface area (Å²) in [6, 6.07) is 9.65. The fourth-order valence-corrected chi connectivity index (χ4v) is 1.84. The molecule has 0 saturated heterocycles. The standard InChI is InChI=1S/C11H7BrN6/c12-9-6-13-7-14-11(9)18-16-10(15-17-18)8-4-2-1-3-5-8/h1-7H. The van der Waals surface area contributed by atoms with Crippen molar-refractivity contribution >= 4 is 15.9 Å². The Morgan fingerprint density at radius 1 is 1.11 bits per heavy atom. The maximum absolute atomic E-state index is 4.29. The minimum atomic E-state index is 0.555. The first-order valence-corrected chi connectivity index (χ1v) is 5.95. The molecule has 0 amide bonds. The summed E-state index contributed by atoms with van der Waals surface area (Å²) in [4.78, 5) is 9.35. The van der Waals surface area contributed by atoms with E-state index in [2.05, 4.69) is 41.3 Å². The van der Waals surface area contributed by atoms with Crippen molar-refractivity contribution in [2.24, 2.45) is 0 Å². The third-order valence-corrected chi connectivity index (χ3v) is 2.84. The summed E-state index contributed by atoms with van der Waals surface area (Å²) in [7, 11) is 0. The van der Waals surface area contributed by atoms with Gasteiger partial charge in [0.25, 0.3) is 0 Å². The van der Waals surface area contributed by atoms with Gasteiger partial charge in [-0.05, 0) is 21.1 Å². The third kappa shape index (κ3) is 2.00. The average Bonchev–Trinajstić information content (AvgIpc) is 2.90. The molecule has 18 heavy (non-hydrogen) atoms. The Labute approximate surface area is 111 Å². The number of aromatic nitrogens is 6. The van der Waals surface area contributed by atoms with Gasteiger partial charge in [0.05, 0.1) is 4.47 Å². The molecule has 0 fully saturated rings. The van der Waals surface area contributed by atoms with Crippen LogP contribution >= 0.6 is 15.9 Å². The van der Waals surface area contributed by atoms with Crippen molar-refractivity contribution in [3.8, 4) is 17.2 Å². The summed E-state index contributed by atoms with van der Waals surface area (Å²) >= 11 is 3.34. The summed E-state index contributed by atoms with van der Waals surface area (Å²) in [6.45, 7) is 0. The molecule has 88 valence electrons. The zero-order chi connectivity index (χ0) is 12.4. The Morgan fingerprint density at radius 2 is 1.94 bits per heavy atom. The molecule has 0 unspecified atom stereocenters. The van der Waals surface area contributed by atoms with Crippen LogP contribution in [-0.4, -0.2) is 30.2 Å². The van der Waals surface area contributed by atoms with E-state index in [1.807, 2.05) is 30.3 Å². The highest BCUT2D eigenvalue weighted by atomic mass is 79.9. The lowest BCUT2D eigenvalue weighted by molar-refractivity contribution is 0.694. The Balaban J connectivity index is 2.03. The molecule has 0 N–H and O–H groups in total. The second kappa shape index (κ2) is 4.61. The molecule has 0 bridgehead atoms. The molecule has 0 atom stereocenters. The summed E-state index contributed by atoms with van der Waals surface area (Å²) in [5.74, 6) is 1.11. The normalized spacial score (nSPS) is 10.5. The monoisotopic (exact) mass is 302 g/mol. The summed E-state index contributed by atoms with van der Waals surface area (Å²) in [6.07, 6.45) is 3.07. The maximum atomic E-state index is 4.29. The molecular weight excluding hydrogens is 296 g/mol. The van der Waals surface area contributed by atoms with Gasteiger partial charge < -0.3 is 0 Å². The predicted octanol–water partition coefficient (Wildman–Crippen LogP) is 1.88. The molecule has 0 saturated carbocycles. The fraction of sp³-hybridized carbons (Fsp3) is 0. The van der Waals surface area contributed by atoms with Crippen molar-refractivity contribution in [3.63, 3.8) is 0 Å². The fourth-order valence-electron chi connectivity index (χ4n) is 1.46.